The molecular weight excluding hydrogens is 320 g/mol. The topological polar surface area (TPSA) is 92.4 Å². The number of carbonyl (C=O) groups is 2. The SMILES string of the molecule is O=C(O)C(Cc1nn(-c2ccccc2)cc1-c1ccccc1)C(=O)O. The van der Waals surface area contributed by atoms with Crippen LogP contribution in [-0.2, 0) is 16.0 Å². The summed E-state index contributed by atoms with van der Waals surface area (Å²) in [6.45, 7) is 0. The van der Waals surface area contributed by atoms with Gasteiger partial charge in [-0.05, 0) is 17.7 Å². The molecule has 3 rings (SSSR count). The van der Waals surface area contributed by atoms with E-state index in [1.54, 1.807) is 10.9 Å². The lowest BCUT2D eigenvalue weighted by atomic mass is 9.98. The molecule has 3 aromatic rings. The van der Waals surface area contributed by atoms with E-state index in [2.05, 4.69) is 5.10 Å². The van der Waals surface area contributed by atoms with Crippen LogP contribution in [0.4, 0.5) is 0 Å². The van der Waals surface area contributed by atoms with E-state index in [1.165, 1.54) is 0 Å². The second-order valence-electron chi connectivity index (χ2n) is 5.57. The molecular formula is C19H16N2O4. The Labute approximate surface area is 144 Å². The van der Waals surface area contributed by atoms with Crippen molar-refractivity contribution in [2.75, 3.05) is 0 Å². The summed E-state index contributed by atoms with van der Waals surface area (Å²) in [6.07, 6.45) is 1.61. The quantitative estimate of drug-likeness (QED) is 0.675. The van der Waals surface area contributed by atoms with Gasteiger partial charge in [-0.15, -0.1) is 0 Å². The zero-order valence-electron chi connectivity index (χ0n) is 13.2. The van der Waals surface area contributed by atoms with Crippen LogP contribution in [0.25, 0.3) is 16.8 Å². The fourth-order valence-electron chi connectivity index (χ4n) is 2.61. The lowest BCUT2D eigenvalue weighted by Crippen LogP contribution is -2.26. The highest BCUT2D eigenvalue weighted by atomic mass is 16.4. The van der Waals surface area contributed by atoms with Gasteiger partial charge in [0, 0.05) is 18.2 Å². The number of benzene rings is 2. The van der Waals surface area contributed by atoms with Gasteiger partial charge in [-0.1, -0.05) is 48.5 Å². The second kappa shape index (κ2) is 7.00. The molecule has 1 aromatic heterocycles. The molecule has 25 heavy (non-hydrogen) atoms. The zero-order valence-corrected chi connectivity index (χ0v) is 13.2. The number of aromatic nitrogens is 2. The van der Waals surface area contributed by atoms with Crippen molar-refractivity contribution in [3.8, 4) is 16.8 Å². The average molecular weight is 336 g/mol. The van der Waals surface area contributed by atoms with Crippen molar-refractivity contribution in [3.05, 3.63) is 72.6 Å². The van der Waals surface area contributed by atoms with Crippen molar-refractivity contribution in [1.29, 1.82) is 0 Å². The van der Waals surface area contributed by atoms with E-state index in [-0.39, 0.29) is 6.42 Å². The highest BCUT2D eigenvalue weighted by Crippen LogP contribution is 2.26. The molecule has 0 saturated heterocycles. The summed E-state index contributed by atoms with van der Waals surface area (Å²) in [5.74, 6) is -4.29. The number of rotatable bonds is 6. The van der Waals surface area contributed by atoms with E-state index in [1.807, 2.05) is 60.7 Å². The van der Waals surface area contributed by atoms with Crippen LogP contribution in [0.1, 0.15) is 5.69 Å². The summed E-state index contributed by atoms with van der Waals surface area (Å²) < 4.78 is 1.64. The van der Waals surface area contributed by atoms with Crippen LogP contribution in [0, 0.1) is 5.92 Å². The molecule has 0 aliphatic carbocycles. The second-order valence-corrected chi connectivity index (χ2v) is 5.57. The standard InChI is InChI=1S/C19H16N2O4/c22-18(23)15(19(24)25)11-17-16(13-7-3-1-4-8-13)12-21(20-17)14-9-5-2-6-10-14/h1-10,12,15H,11H2,(H,22,23)(H,24,25). The molecule has 0 amide bonds. The maximum atomic E-state index is 11.3. The Morgan fingerprint density at radius 3 is 2.04 bits per heavy atom. The fraction of sp³-hybridized carbons (Fsp3) is 0.105. The van der Waals surface area contributed by atoms with Gasteiger partial charge in [0.25, 0.3) is 0 Å². The third kappa shape index (κ3) is 3.58. The van der Waals surface area contributed by atoms with Gasteiger partial charge in [-0.2, -0.15) is 5.10 Å². The number of nitrogens with zero attached hydrogens (tertiary/aromatic N) is 2. The first-order chi connectivity index (χ1) is 12.1. The van der Waals surface area contributed by atoms with Crippen molar-refractivity contribution in [2.45, 2.75) is 6.42 Å². The zero-order chi connectivity index (χ0) is 17.8. The third-order valence-electron chi connectivity index (χ3n) is 3.89. The normalized spacial score (nSPS) is 10.8. The minimum absolute atomic E-state index is 0.186. The molecule has 0 atom stereocenters. The number of para-hydroxylation sites is 1. The highest BCUT2D eigenvalue weighted by Gasteiger charge is 2.28. The minimum atomic E-state index is -1.54. The Hall–Kier alpha value is -3.41. The molecule has 0 fully saturated rings. The number of hydrogen-bond acceptors (Lipinski definition) is 3. The summed E-state index contributed by atoms with van der Waals surface area (Å²) in [5, 5.41) is 22.8. The van der Waals surface area contributed by atoms with Crippen LogP contribution in [-0.4, -0.2) is 31.9 Å². The summed E-state index contributed by atoms with van der Waals surface area (Å²) in [6, 6.07) is 18.7. The summed E-state index contributed by atoms with van der Waals surface area (Å²) in [4.78, 5) is 22.5. The largest absolute Gasteiger partial charge is 0.481 e. The molecule has 0 saturated carbocycles. The van der Waals surface area contributed by atoms with Crippen molar-refractivity contribution < 1.29 is 19.8 Å². The van der Waals surface area contributed by atoms with Gasteiger partial charge in [-0.25, -0.2) is 4.68 Å². The Balaban J connectivity index is 2.07. The summed E-state index contributed by atoms with van der Waals surface area (Å²) >= 11 is 0. The van der Waals surface area contributed by atoms with E-state index in [0.717, 1.165) is 16.8 Å². The highest BCUT2D eigenvalue weighted by molar-refractivity contribution is 5.93. The van der Waals surface area contributed by atoms with Crippen molar-refractivity contribution in [3.63, 3.8) is 0 Å². The van der Waals surface area contributed by atoms with Gasteiger partial charge in [0.1, 0.15) is 0 Å². The number of aliphatic carboxylic acids is 2. The van der Waals surface area contributed by atoms with Crippen LogP contribution in [0.5, 0.6) is 0 Å². The molecule has 6 heteroatoms. The van der Waals surface area contributed by atoms with E-state index >= 15 is 0 Å². The van der Waals surface area contributed by atoms with Gasteiger partial charge in [0.15, 0.2) is 5.92 Å². The van der Waals surface area contributed by atoms with Gasteiger partial charge in [0.05, 0.1) is 11.4 Å². The Morgan fingerprint density at radius 1 is 0.920 bits per heavy atom. The van der Waals surface area contributed by atoms with Crippen LogP contribution in [0.3, 0.4) is 0 Å². The molecule has 1 heterocycles. The van der Waals surface area contributed by atoms with E-state index < -0.39 is 17.9 Å². The minimum Gasteiger partial charge on any atom is -0.481 e. The fourth-order valence-corrected chi connectivity index (χ4v) is 2.61. The van der Waals surface area contributed by atoms with Crippen LogP contribution in [0.15, 0.2) is 66.9 Å². The van der Waals surface area contributed by atoms with Crippen molar-refractivity contribution in [1.82, 2.24) is 9.78 Å². The van der Waals surface area contributed by atoms with Crippen LogP contribution >= 0.6 is 0 Å². The third-order valence-corrected chi connectivity index (χ3v) is 3.89. The van der Waals surface area contributed by atoms with E-state index in [4.69, 9.17) is 0 Å². The molecule has 6 nitrogen and oxygen atoms in total. The summed E-state index contributed by atoms with van der Waals surface area (Å²) in [7, 11) is 0. The van der Waals surface area contributed by atoms with E-state index in [9.17, 15) is 19.8 Å². The average Bonchev–Trinajstić information content (AvgIpc) is 3.04. The smallest absolute Gasteiger partial charge is 0.318 e. The van der Waals surface area contributed by atoms with Crippen LogP contribution in [0.2, 0.25) is 0 Å². The lowest BCUT2D eigenvalue weighted by molar-refractivity contribution is -0.154. The van der Waals surface area contributed by atoms with Gasteiger partial charge in [-0.3, -0.25) is 9.59 Å². The van der Waals surface area contributed by atoms with Gasteiger partial charge >= 0.3 is 11.9 Å². The Bertz CT molecular complexity index is 874. The molecule has 0 unspecified atom stereocenters. The maximum absolute atomic E-state index is 11.3. The Kier molecular flexibility index (Phi) is 4.61. The van der Waals surface area contributed by atoms with Crippen LogP contribution < -0.4 is 0 Å². The molecule has 2 N–H and O–H groups in total. The molecule has 0 aliphatic heterocycles. The van der Waals surface area contributed by atoms with Gasteiger partial charge < -0.3 is 10.2 Å². The molecule has 0 spiro atoms. The lowest BCUT2D eigenvalue weighted by Gasteiger charge is -2.07. The number of carboxylic acid groups (broad SMARTS) is 2. The molecule has 0 radical (unpaired) electrons. The van der Waals surface area contributed by atoms with Crippen molar-refractivity contribution in [2.24, 2.45) is 5.92 Å². The first-order valence-corrected chi connectivity index (χ1v) is 7.71. The van der Waals surface area contributed by atoms with Gasteiger partial charge in [0.2, 0.25) is 0 Å². The number of hydrogen-bond donors (Lipinski definition) is 2. The summed E-state index contributed by atoms with van der Waals surface area (Å²) in [5.41, 5.74) is 2.82. The molecule has 0 aliphatic rings. The monoisotopic (exact) mass is 336 g/mol. The van der Waals surface area contributed by atoms with E-state index in [0.29, 0.717) is 5.69 Å². The first kappa shape index (κ1) is 16.4. The maximum Gasteiger partial charge on any atom is 0.318 e. The number of carboxylic acids is 2. The predicted molar refractivity (Wildman–Crippen MR) is 91.5 cm³/mol. The predicted octanol–water partition coefficient (Wildman–Crippen LogP) is 2.87. The molecule has 0 bridgehead atoms. The Morgan fingerprint density at radius 2 is 1.48 bits per heavy atom. The van der Waals surface area contributed by atoms with Crippen molar-refractivity contribution >= 4 is 11.9 Å². The molecule has 2 aromatic carbocycles. The molecule has 126 valence electrons. The first-order valence-electron chi connectivity index (χ1n) is 7.71.